The predicted molar refractivity (Wildman–Crippen MR) is 58.3 cm³/mol. The van der Waals surface area contributed by atoms with Gasteiger partial charge in [0, 0.05) is 13.5 Å². The van der Waals surface area contributed by atoms with Gasteiger partial charge in [-0.25, -0.2) is 0 Å². The molecule has 0 aliphatic heterocycles. The van der Waals surface area contributed by atoms with E-state index < -0.39 is 0 Å². The zero-order valence-corrected chi connectivity index (χ0v) is 9.69. The van der Waals surface area contributed by atoms with Crippen molar-refractivity contribution in [2.45, 2.75) is 33.2 Å². The molecule has 0 aliphatic rings. The highest BCUT2D eigenvalue weighted by Crippen LogP contribution is 2.04. The van der Waals surface area contributed by atoms with E-state index in [1.54, 1.807) is 6.92 Å². The molecular formula is C10H18N4O2. The molecule has 0 fully saturated rings. The summed E-state index contributed by atoms with van der Waals surface area (Å²) >= 11 is 0. The molecule has 1 aromatic rings. The van der Waals surface area contributed by atoms with E-state index >= 15 is 0 Å². The number of aromatic nitrogens is 2. The lowest BCUT2D eigenvalue weighted by Gasteiger charge is -2.12. The Morgan fingerprint density at radius 3 is 2.88 bits per heavy atom. The molecule has 3 N–H and O–H groups in total. The predicted octanol–water partition coefficient (Wildman–Crippen LogP) is 0.369. The normalized spacial score (nSPS) is 12.4. The number of rotatable bonds is 6. The first kappa shape index (κ1) is 12.6. The number of carbonyl (C=O) groups is 1. The van der Waals surface area contributed by atoms with Gasteiger partial charge in [-0.1, -0.05) is 18.5 Å². The number of aryl methyl sites for hydroxylation is 1. The molecule has 0 aromatic carbocycles. The number of carbonyl (C=O) groups excluding carboxylic acids is 1. The van der Waals surface area contributed by atoms with Crippen LogP contribution in [0.3, 0.4) is 0 Å². The summed E-state index contributed by atoms with van der Waals surface area (Å²) in [5.74, 6) is 0.802. The summed E-state index contributed by atoms with van der Waals surface area (Å²) in [5.41, 5.74) is 5.52. The van der Waals surface area contributed by atoms with Crippen LogP contribution in [0.25, 0.3) is 0 Å². The van der Waals surface area contributed by atoms with Gasteiger partial charge in [0.25, 0.3) is 0 Å². The first-order valence-corrected chi connectivity index (χ1v) is 5.44. The number of nitrogens with one attached hydrogen (secondary N) is 1. The lowest BCUT2D eigenvalue weighted by Crippen LogP contribution is -2.34. The maximum absolute atomic E-state index is 11.7. The van der Waals surface area contributed by atoms with Crippen molar-refractivity contribution in [1.82, 2.24) is 15.5 Å². The van der Waals surface area contributed by atoms with Crippen LogP contribution in [-0.2, 0) is 11.3 Å². The molecule has 0 saturated heterocycles. The summed E-state index contributed by atoms with van der Waals surface area (Å²) in [6.45, 7) is 4.39. The fourth-order valence-corrected chi connectivity index (χ4v) is 1.43. The fourth-order valence-electron chi connectivity index (χ4n) is 1.43. The van der Waals surface area contributed by atoms with Crippen molar-refractivity contribution in [1.29, 1.82) is 0 Å². The molecule has 1 unspecified atom stereocenters. The minimum absolute atomic E-state index is 0.0493. The Morgan fingerprint density at radius 2 is 2.38 bits per heavy atom. The molecule has 90 valence electrons. The van der Waals surface area contributed by atoms with Gasteiger partial charge in [-0.15, -0.1) is 0 Å². The Kier molecular flexibility index (Phi) is 4.91. The van der Waals surface area contributed by atoms with E-state index in [9.17, 15) is 4.79 Å². The monoisotopic (exact) mass is 226 g/mol. The summed E-state index contributed by atoms with van der Waals surface area (Å²) in [7, 11) is 0. The quantitative estimate of drug-likeness (QED) is 0.730. The molecule has 0 aliphatic carbocycles. The minimum atomic E-state index is -0.127. The second kappa shape index (κ2) is 6.22. The topological polar surface area (TPSA) is 94.0 Å². The van der Waals surface area contributed by atoms with Gasteiger partial charge in [0.1, 0.15) is 0 Å². The van der Waals surface area contributed by atoms with Crippen LogP contribution in [0.5, 0.6) is 0 Å². The van der Waals surface area contributed by atoms with E-state index in [-0.39, 0.29) is 18.4 Å². The molecule has 1 atom stereocenters. The molecule has 0 bridgehead atoms. The van der Waals surface area contributed by atoms with Crippen LogP contribution < -0.4 is 11.1 Å². The summed E-state index contributed by atoms with van der Waals surface area (Å²) in [6.07, 6.45) is 1.74. The SMILES string of the molecule is CCCC(CN)C(=O)NCc1noc(C)n1. The van der Waals surface area contributed by atoms with E-state index in [0.717, 1.165) is 12.8 Å². The van der Waals surface area contributed by atoms with Crippen molar-refractivity contribution in [3.05, 3.63) is 11.7 Å². The van der Waals surface area contributed by atoms with Crippen molar-refractivity contribution in [3.63, 3.8) is 0 Å². The third-order valence-electron chi connectivity index (χ3n) is 2.28. The second-order valence-electron chi connectivity index (χ2n) is 3.67. The van der Waals surface area contributed by atoms with E-state index in [2.05, 4.69) is 15.5 Å². The summed E-state index contributed by atoms with van der Waals surface area (Å²) in [5, 5.41) is 6.43. The summed E-state index contributed by atoms with van der Waals surface area (Å²) < 4.78 is 4.79. The van der Waals surface area contributed by atoms with Gasteiger partial charge in [-0.2, -0.15) is 4.98 Å². The lowest BCUT2D eigenvalue weighted by molar-refractivity contribution is -0.125. The van der Waals surface area contributed by atoms with Crippen molar-refractivity contribution in [2.75, 3.05) is 6.54 Å². The van der Waals surface area contributed by atoms with E-state index in [1.165, 1.54) is 0 Å². The van der Waals surface area contributed by atoms with Gasteiger partial charge in [0.15, 0.2) is 5.82 Å². The molecule has 0 radical (unpaired) electrons. The molecule has 0 spiro atoms. The van der Waals surface area contributed by atoms with Gasteiger partial charge < -0.3 is 15.6 Å². The maximum Gasteiger partial charge on any atom is 0.224 e. The fraction of sp³-hybridized carbons (Fsp3) is 0.700. The number of hydrogen-bond acceptors (Lipinski definition) is 5. The van der Waals surface area contributed by atoms with Gasteiger partial charge in [-0.3, -0.25) is 4.79 Å². The number of nitrogens with two attached hydrogens (primary N) is 1. The highest BCUT2D eigenvalue weighted by Gasteiger charge is 2.15. The van der Waals surface area contributed by atoms with Gasteiger partial charge in [0.2, 0.25) is 11.8 Å². The zero-order valence-electron chi connectivity index (χ0n) is 9.69. The van der Waals surface area contributed by atoms with Crippen LogP contribution in [-0.4, -0.2) is 22.6 Å². The van der Waals surface area contributed by atoms with Crippen LogP contribution in [0.15, 0.2) is 4.52 Å². The first-order chi connectivity index (χ1) is 7.67. The highest BCUT2D eigenvalue weighted by atomic mass is 16.5. The molecule has 16 heavy (non-hydrogen) atoms. The summed E-state index contributed by atoms with van der Waals surface area (Å²) in [4.78, 5) is 15.7. The van der Waals surface area contributed by atoms with E-state index in [4.69, 9.17) is 10.3 Å². The van der Waals surface area contributed by atoms with Gasteiger partial charge >= 0.3 is 0 Å². The molecule has 0 saturated carbocycles. The Morgan fingerprint density at radius 1 is 1.62 bits per heavy atom. The molecule has 1 amide bonds. The lowest BCUT2D eigenvalue weighted by atomic mass is 10.0. The largest absolute Gasteiger partial charge is 0.348 e. The molecule has 1 aromatic heterocycles. The third-order valence-corrected chi connectivity index (χ3v) is 2.28. The van der Waals surface area contributed by atoms with Crippen molar-refractivity contribution in [2.24, 2.45) is 11.7 Å². The highest BCUT2D eigenvalue weighted by molar-refractivity contribution is 5.78. The molecule has 1 heterocycles. The third kappa shape index (κ3) is 3.62. The maximum atomic E-state index is 11.7. The first-order valence-electron chi connectivity index (χ1n) is 5.44. The molecule has 1 rings (SSSR count). The minimum Gasteiger partial charge on any atom is -0.348 e. The van der Waals surface area contributed by atoms with Crippen molar-refractivity contribution in [3.8, 4) is 0 Å². The van der Waals surface area contributed by atoms with Gasteiger partial charge in [-0.05, 0) is 6.42 Å². The molecule has 6 nitrogen and oxygen atoms in total. The van der Waals surface area contributed by atoms with Crippen LogP contribution in [0.1, 0.15) is 31.5 Å². The Balaban J connectivity index is 2.39. The van der Waals surface area contributed by atoms with Crippen molar-refractivity contribution < 1.29 is 9.32 Å². The zero-order chi connectivity index (χ0) is 12.0. The van der Waals surface area contributed by atoms with Crippen molar-refractivity contribution >= 4 is 5.91 Å². The standard InChI is InChI=1S/C10H18N4O2/c1-3-4-8(5-11)10(15)12-6-9-13-7(2)16-14-9/h8H,3-6,11H2,1-2H3,(H,12,15). The average Bonchev–Trinajstić information content (AvgIpc) is 2.68. The number of amides is 1. The van der Waals surface area contributed by atoms with E-state index in [1.807, 2.05) is 6.92 Å². The average molecular weight is 226 g/mol. The molecular weight excluding hydrogens is 208 g/mol. The second-order valence-corrected chi connectivity index (χ2v) is 3.67. The number of hydrogen-bond donors (Lipinski definition) is 2. The molecule has 6 heteroatoms. The van der Waals surface area contributed by atoms with Crippen LogP contribution in [0.4, 0.5) is 0 Å². The smallest absolute Gasteiger partial charge is 0.224 e. The Hall–Kier alpha value is -1.43. The van der Waals surface area contributed by atoms with Gasteiger partial charge in [0.05, 0.1) is 12.5 Å². The number of nitrogens with zero attached hydrogens (tertiary/aromatic N) is 2. The summed E-state index contributed by atoms with van der Waals surface area (Å²) in [6, 6.07) is 0. The van der Waals surface area contributed by atoms with Crippen LogP contribution in [0.2, 0.25) is 0 Å². The van der Waals surface area contributed by atoms with Crippen LogP contribution >= 0.6 is 0 Å². The Bertz CT molecular complexity index is 337. The van der Waals surface area contributed by atoms with E-state index in [0.29, 0.717) is 18.3 Å². The van der Waals surface area contributed by atoms with Crippen LogP contribution in [0, 0.1) is 12.8 Å². The Labute approximate surface area is 94.6 Å².